The number of amides is 2. The van der Waals surface area contributed by atoms with E-state index in [9.17, 15) is 4.79 Å². The van der Waals surface area contributed by atoms with Gasteiger partial charge in [-0.15, -0.1) is 0 Å². The van der Waals surface area contributed by atoms with Gasteiger partial charge in [0.1, 0.15) is 12.4 Å². The Balaban J connectivity index is 1.89. The van der Waals surface area contributed by atoms with Crippen molar-refractivity contribution in [2.45, 2.75) is 20.8 Å². The number of urea groups is 1. The molecule has 0 heterocycles. The van der Waals surface area contributed by atoms with Gasteiger partial charge in [-0.05, 0) is 62.7 Å². The van der Waals surface area contributed by atoms with Crippen molar-refractivity contribution in [2.24, 2.45) is 0 Å². The summed E-state index contributed by atoms with van der Waals surface area (Å²) in [5.41, 5.74) is 3.75. The number of allylic oxidation sites excluding steroid dienone is 1. The second-order valence-corrected chi connectivity index (χ2v) is 5.51. The Morgan fingerprint density at radius 2 is 1.74 bits per heavy atom. The highest BCUT2D eigenvalue weighted by molar-refractivity contribution is 6.00. The topological polar surface area (TPSA) is 50.4 Å². The lowest BCUT2D eigenvalue weighted by molar-refractivity contribution is 0.262. The third-order valence-corrected chi connectivity index (χ3v) is 3.25. The lowest BCUT2D eigenvalue weighted by atomic mass is 10.2. The van der Waals surface area contributed by atoms with Crippen LogP contribution in [0.15, 0.2) is 60.2 Å². The smallest absolute Gasteiger partial charge is 0.323 e. The Labute approximate surface area is 137 Å². The molecule has 2 aromatic carbocycles. The lowest BCUT2D eigenvalue weighted by Gasteiger charge is -2.10. The fourth-order valence-electron chi connectivity index (χ4n) is 1.94. The second-order valence-electron chi connectivity index (χ2n) is 5.51. The molecule has 0 saturated heterocycles. The fourth-order valence-corrected chi connectivity index (χ4v) is 1.94. The highest BCUT2D eigenvalue weighted by Gasteiger charge is 2.04. The largest absolute Gasteiger partial charge is 0.490 e. The van der Waals surface area contributed by atoms with E-state index in [4.69, 9.17) is 4.74 Å². The SMILES string of the molecule is CC(C)=CCOc1ccc(NC(=O)Nc2ccccc2C)cc1. The monoisotopic (exact) mass is 310 g/mol. The highest BCUT2D eigenvalue weighted by atomic mass is 16.5. The normalized spacial score (nSPS) is 9.87. The number of nitrogens with one attached hydrogen (secondary N) is 2. The summed E-state index contributed by atoms with van der Waals surface area (Å²) in [5.74, 6) is 0.771. The number of rotatable bonds is 5. The molecule has 0 radical (unpaired) electrons. The van der Waals surface area contributed by atoms with Gasteiger partial charge in [0.05, 0.1) is 0 Å². The van der Waals surface area contributed by atoms with E-state index in [1.165, 1.54) is 5.57 Å². The van der Waals surface area contributed by atoms with E-state index >= 15 is 0 Å². The summed E-state index contributed by atoms with van der Waals surface area (Å²) in [7, 11) is 0. The van der Waals surface area contributed by atoms with E-state index in [1.807, 2.05) is 75.4 Å². The Bertz CT molecular complexity index is 687. The van der Waals surface area contributed by atoms with Gasteiger partial charge >= 0.3 is 6.03 Å². The molecule has 23 heavy (non-hydrogen) atoms. The summed E-state index contributed by atoms with van der Waals surface area (Å²) < 4.78 is 5.58. The highest BCUT2D eigenvalue weighted by Crippen LogP contribution is 2.17. The second kappa shape index (κ2) is 8.03. The predicted octanol–water partition coefficient (Wildman–Crippen LogP) is 4.98. The van der Waals surface area contributed by atoms with Gasteiger partial charge in [-0.2, -0.15) is 0 Å². The Morgan fingerprint density at radius 3 is 2.39 bits per heavy atom. The van der Waals surface area contributed by atoms with E-state index < -0.39 is 0 Å². The van der Waals surface area contributed by atoms with Crippen LogP contribution in [0.1, 0.15) is 19.4 Å². The van der Waals surface area contributed by atoms with Crippen molar-refractivity contribution in [1.82, 2.24) is 0 Å². The van der Waals surface area contributed by atoms with Crippen molar-refractivity contribution < 1.29 is 9.53 Å². The van der Waals surface area contributed by atoms with Gasteiger partial charge in [0.15, 0.2) is 0 Å². The molecule has 4 nitrogen and oxygen atoms in total. The first kappa shape index (κ1) is 16.6. The Morgan fingerprint density at radius 1 is 1.04 bits per heavy atom. The van der Waals surface area contributed by atoms with Gasteiger partial charge in [-0.3, -0.25) is 0 Å². The first-order valence-corrected chi connectivity index (χ1v) is 7.54. The van der Waals surface area contributed by atoms with Crippen molar-refractivity contribution >= 4 is 17.4 Å². The molecule has 2 N–H and O–H groups in total. The van der Waals surface area contributed by atoms with Crippen LogP contribution in [-0.2, 0) is 0 Å². The molecular formula is C19H22N2O2. The van der Waals surface area contributed by atoms with Gasteiger partial charge in [0.25, 0.3) is 0 Å². The van der Waals surface area contributed by atoms with Crippen LogP contribution in [0, 0.1) is 6.92 Å². The summed E-state index contributed by atoms with van der Waals surface area (Å²) >= 11 is 0. The van der Waals surface area contributed by atoms with Crippen molar-refractivity contribution in [3.8, 4) is 5.75 Å². The molecule has 0 aliphatic heterocycles. The molecule has 2 amide bonds. The molecule has 0 unspecified atom stereocenters. The molecule has 0 spiro atoms. The molecular weight excluding hydrogens is 288 g/mol. The molecule has 0 aromatic heterocycles. The number of hydrogen-bond acceptors (Lipinski definition) is 2. The number of hydrogen-bond donors (Lipinski definition) is 2. The minimum Gasteiger partial charge on any atom is -0.490 e. The van der Waals surface area contributed by atoms with Crippen molar-refractivity contribution in [2.75, 3.05) is 17.2 Å². The average Bonchev–Trinajstić information content (AvgIpc) is 2.51. The molecule has 0 bridgehead atoms. The van der Waals surface area contributed by atoms with Crippen molar-refractivity contribution in [1.29, 1.82) is 0 Å². The number of carbonyl (C=O) groups excluding carboxylic acids is 1. The number of aryl methyl sites for hydroxylation is 1. The maximum absolute atomic E-state index is 12.0. The van der Waals surface area contributed by atoms with Crippen molar-refractivity contribution in [3.05, 3.63) is 65.7 Å². The molecule has 0 aliphatic rings. The minimum absolute atomic E-state index is 0.266. The average molecular weight is 310 g/mol. The molecule has 0 fully saturated rings. The number of benzene rings is 2. The maximum atomic E-state index is 12.0. The van der Waals surface area contributed by atoms with Gasteiger partial charge in [0, 0.05) is 11.4 Å². The van der Waals surface area contributed by atoms with Crippen molar-refractivity contribution in [3.63, 3.8) is 0 Å². The van der Waals surface area contributed by atoms with Crippen LogP contribution < -0.4 is 15.4 Å². The molecule has 0 atom stereocenters. The Hall–Kier alpha value is -2.75. The van der Waals surface area contributed by atoms with Crippen LogP contribution in [0.4, 0.5) is 16.2 Å². The summed E-state index contributed by atoms with van der Waals surface area (Å²) in [6, 6.07) is 14.7. The fraction of sp³-hybridized carbons (Fsp3) is 0.211. The third-order valence-electron chi connectivity index (χ3n) is 3.25. The van der Waals surface area contributed by atoms with Gasteiger partial charge in [0.2, 0.25) is 0 Å². The number of anilines is 2. The van der Waals surface area contributed by atoms with Gasteiger partial charge < -0.3 is 15.4 Å². The van der Waals surface area contributed by atoms with E-state index in [0.29, 0.717) is 12.3 Å². The summed E-state index contributed by atoms with van der Waals surface area (Å²) in [6.45, 7) is 6.56. The first-order valence-electron chi connectivity index (χ1n) is 7.54. The van der Waals surface area contributed by atoms with E-state index in [1.54, 1.807) is 0 Å². The number of carbonyl (C=O) groups is 1. The van der Waals surface area contributed by atoms with Crippen LogP contribution >= 0.6 is 0 Å². The van der Waals surface area contributed by atoms with E-state index in [-0.39, 0.29) is 6.03 Å². The molecule has 2 aromatic rings. The van der Waals surface area contributed by atoms with Crippen LogP contribution in [0.5, 0.6) is 5.75 Å². The minimum atomic E-state index is -0.266. The molecule has 0 aliphatic carbocycles. The van der Waals surface area contributed by atoms with Crippen LogP contribution in [0.25, 0.3) is 0 Å². The predicted molar refractivity (Wildman–Crippen MR) is 95.2 cm³/mol. The standard InChI is InChI=1S/C19H22N2O2/c1-14(2)12-13-23-17-10-8-16(9-11-17)20-19(22)21-18-7-5-4-6-15(18)3/h4-12H,13H2,1-3H3,(H2,20,21,22). The maximum Gasteiger partial charge on any atom is 0.323 e. The molecule has 120 valence electrons. The summed E-state index contributed by atoms with van der Waals surface area (Å²) in [5, 5.41) is 5.63. The summed E-state index contributed by atoms with van der Waals surface area (Å²) in [4.78, 5) is 12.0. The molecule has 0 saturated carbocycles. The third kappa shape index (κ3) is 5.51. The van der Waals surface area contributed by atoms with Gasteiger partial charge in [-0.25, -0.2) is 4.79 Å². The van der Waals surface area contributed by atoms with Crippen LogP contribution in [0.2, 0.25) is 0 Å². The lowest BCUT2D eigenvalue weighted by Crippen LogP contribution is -2.19. The number of para-hydroxylation sites is 1. The van der Waals surface area contributed by atoms with Crippen LogP contribution in [-0.4, -0.2) is 12.6 Å². The molecule has 2 rings (SSSR count). The van der Waals surface area contributed by atoms with Crippen LogP contribution in [0.3, 0.4) is 0 Å². The van der Waals surface area contributed by atoms with E-state index in [2.05, 4.69) is 10.6 Å². The number of ether oxygens (including phenoxy) is 1. The quantitative estimate of drug-likeness (QED) is 0.765. The first-order chi connectivity index (χ1) is 11.0. The summed E-state index contributed by atoms with van der Waals surface area (Å²) in [6.07, 6.45) is 2.02. The zero-order chi connectivity index (χ0) is 16.7. The Kier molecular flexibility index (Phi) is 5.80. The zero-order valence-electron chi connectivity index (χ0n) is 13.7. The zero-order valence-corrected chi connectivity index (χ0v) is 13.7. The molecule has 4 heteroatoms. The van der Waals surface area contributed by atoms with Gasteiger partial charge in [-0.1, -0.05) is 23.8 Å². The van der Waals surface area contributed by atoms with E-state index in [0.717, 1.165) is 17.0 Å².